The summed E-state index contributed by atoms with van der Waals surface area (Å²) in [6.45, 7) is 4.05. The average molecular weight is 512 g/mol. The number of pyridine rings is 1. The highest BCUT2D eigenvalue weighted by Crippen LogP contribution is 2.48. The maximum Gasteiger partial charge on any atom is 0.179 e. The number of fused-ring (bicyclic) bond motifs is 4. The highest BCUT2D eigenvalue weighted by molar-refractivity contribution is 6.51. The number of aromatic hydroxyl groups is 1. The van der Waals surface area contributed by atoms with Crippen molar-refractivity contribution in [2.24, 2.45) is 9.98 Å². The topological polar surface area (TPSA) is 90.9 Å². The van der Waals surface area contributed by atoms with Crippen molar-refractivity contribution in [3.8, 4) is 11.6 Å². The molecule has 2 aromatic heterocycles. The lowest BCUT2D eigenvalue weighted by molar-refractivity contribution is 0.474. The Kier molecular flexibility index (Phi) is 5.26. The molecule has 0 amide bonds. The Hall–Kier alpha value is -5.24. The molecule has 0 saturated heterocycles. The number of phenolic OH excluding ortho intramolecular Hbond substituents is 1. The first-order valence-corrected chi connectivity index (χ1v) is 12.8. The normalized spacial score (nSPS) is 15.5. The SMILES string of the molecule is Cc1cccc(NC2=Nc3ccccc3N3C2=Nc2c(c(C)nn2-c2ccccn2)[C@H]3c2cccc(O)c2)c1. The summed E-state index contributed by atoms with van der Waals surface area (Å²) in [5.41, 5.74) is 6.51. The van der Waals surface area contributed by atoms with E-state index in [2.05, 4.69) is 40.3 Å². The summed E-state index contributed by atoms with van der Waals surface area (Å²) in [7, 11) is 0. The van der Waals surface area contributed by atoms with Crippen LogP contribution in [0.25, 0.3) is 5.82 Å². The third-order valence-corrected chi connectivity index (χ3v) is 6.97. The van der Waals surface area contributed by atoms with Crippen molar-refractivity contribution in [3.63, 3.8) is 0 Å². The van der Waals surface area contributed by atoms with Crippen LogP contribution in [0.4, 0.5) is 22.9 Å². The van der Waals surface area contributed by atoms with Gasteiger partial charge in [-0.2, -0.15) is 9.78 Å². The smallest absolute Gasteiger partial charge is 0.179 e. The van der Waals surface area contributed by atoms with Crippen LogP contribution in [0.15, 0.2) is 107 Å². The number of aromatic nitrogens is 3. The van der Waals surface area contributed by atoms with Crippen molar-refractivity contribution >= 4 is 34.6 Å². The zero-order chi connectivity index (χ0) is 26.5. The van der Waals surface area contributed by atoms with Gasteiger partial charge in [-0.05, 0) is 73.5 Å². The van der Waals surface area contributed by atoms with E-state index in [4.69, 9.17) is 15.1 Å². The van der Waals surface area contributed by atoms with Crippen molar-refractivity contribution in [1.29, 1.82) is 0 Å². The number of phenols is 1. The minimum atomic E-state index is -0.317. The molecule has 8 nitrogen and oxygen atoms in total. The highest BCUT2D eigenvalue weighted by Gasteiger charge is 2.41. The van der Waals surface area contributed by atoms with Gasteiger partial charge in [-0.25, -0.2) is 15.0 Å². The van der Waals surface area contributed by atoms with Crippen LogP contribution >= 0.6 is 0 Å². The predicted molar refractivity (Wildman–Crippen MR) is 154 cm³/mol. The number of benzene rings is 3. The molecule has 0 fully saturated rings. The molecular formula is C31H25N7O. The summed E-state index contributed by atoms with van der Waals surface area (Å²) in [5, 5.41) is 18.9. The van der Waals surface area contributed by atoms with E-state index in [9.17, 15) is 5.11 Å². The Balaban J connectivity index is 1.51. The Morgan fingerprint density at radius 1 is 0.846 bits per heavy atom. The van der Waals surface area contributed by atoms with E-state index in [0.29, 0.717) is 23.3 Å². The maximum atomic E-state index is 10.5. The van der Waals surface area contributed by atoms with E-state index in [1.807, 2.05) is 67.6 Å². The lowest BCUT2D eigenvalue weighted by atomic mass is 9.93. The fourth-order valence-electron chi connectivity index (χ4n) is 5.31. The number of aliphatic imine (C=N–C) groups is 2. The summed E-state index contributed by atoms with van der Waals surface area (Å²) in [6, 6.07) is 29.0. The zero-order valence-corrected chi connectivity index (χ0v) is 21.4. The number of amidine groups is 2. The lowest BCUT2D eigenvalue weighted by Crippen LogP contribution is -2.46. The van der Waals surface area contributed by atoms with Gasteiger partial charge in [-0.1, -0.05) is 42.5 Å². The van der Waals surface area contributed by atoms with Gasteiger partial charge in [-0.3, -0.25) is 0 Å². The predicted octanol–water partition coefficient (Wildman–Crippen LogP) is 6.39. The molecule has 3 aromatic carbocycles. The molecule has 7 rings (SSSR count). The van der Waals surface area contributed by atoms with Gasteiger partial charge in [0.25, 0.3) is 0 Å². The Bertz CT molecular complexity index is 1790. The molecule has 0 unspecified atom stereocenters. The van der Waals surface area contributed by atoms with Crippen LogP contribution in [0.1, 0.15) is 28.4 Å². The average Bonchev–Trinajstić information content (AvgIpc) is 3.28. The first-order valence-electron chi connectivity index (χ1n) is 12.8. The fraction of sp³-hybridized carbons (Fsp3) is 0.0968. The van der Waals surface area contributed by atoms with Crippen LogP contribution in [0, 0.1) is 13.8 Å². The van der Waals surface area contributed by atoms with Crippen molar-refractivity contribution in [2.45, 2.75) is 19.9 Å². The second-order valence-corrected chi connectivity index (χ2v) is 9.67. The summed E-state index contributed by atoms with van der Waals surface area (Å²) in [4.78, 5) is 17.0. The number of nitrogens with one attached hydrogen (secondary N) is 1. The number of nitrogens with zero attached hydrogens (tertiary/aromatic N) is 6. The number of para-hydroxylation sites is 2. The third-order valence-electron chi connectivity index (χ3n) is 6.97. The van der Waals surface area contributed by atoms with Gasteiger partial charge in [0, 0.05) is 17.4 Å². The van der Waals surface area contributed by atoms with E-state index in [-0.39, 0.29) is 11.8 Å². The van der Waals surface area contributed by atoms with Crippen molar-refractivity contribution in [2.75, 3.05) is 10.2 Å². The molecule has 39 heavy (non-hydrogen) atoms. The van der Waals surface area contributed by atoms with Crippen LogP contribution in [0.2, 0.25) is 0 Å². The molecule has 2 aliphatic rings. The van der Waals surface area contributed by atoms with Gasteiger partial charge in [0.1, 0.15) is 5.75 Å². The van der Waals surface area contributed by atoms with Crippen molar-refractivity contribution in [1.82, 2.24) is 14.8 Å². The van der Waals surface area contributed by atoms with Gasteiger partial charge in [-0.15, -0.1) is 0 Å². The molecular weight excluding hydrogens is 486 g/mol. The quantitative estimate of drug-likeness (QED) is 0.293. The summed E-state index contributed by atoms with van der Waals surface area (Å²) in [5.74, 6) is 2.85. The van der Waals surface area contributed by atoms with Gasteiger partial charge < -0.3 is 15.3 Å². The monoisotopic (exact) mass is 511 g/mol. The van der Waals surface area contributed by atoms with E-state index < -0.39 is 0 Å². The molecule has 4 heterocycles. The second-order valence-electron chi connectivity index (χ2n) is 9.67. The number of hydrogen-bond donors (Lipinski definition) is 2. The number of rotatable bonds is 3. The first-order chi connectivity index (χ1) is 19.1. The molecule has 0 spiro atoms. The van der Waals surface area contributed by atoms with Crippen LogP contribution in [-0.2, 0) is 0 Å². The summed E-state index contributed by atoms with van der Waals surface area (Å²) >= 11 is 0. The lowest BCUT2D eigenvalue weighted by Gasteiger charge is -2.40. The molecule has 190 valence electrons. The fourth-order valence-corrected chi connectivity index (χ4v) is 5.31. The highest BCUT2D eigenvalue weighted by atomic mass is 16.3. The van der Waals surface area contributed by atoms with Crippen LogP contribution in [-0.4, -0.2) is 31.5 Å². The van der Waals surface area contributed by atoms with Gasteiger partial charge in [0.15, 0.2) is 23.3 Å². The molecule has 5 aromatic rings. The van der Waals surface area contributed by atoms with Gasteiger partial charge in [0.05, 0.1) is 23.1 Å². The minimum Gasteiger partial charge on any atom is -0.508 e. The van der Waals surface area contributed by atoms with Crippen LogP contribution in [0.3, 0.4) is 0 Å². The van der Waals surface area contributed by atoms with Crippen LogP contribution < -0.4 is 10.2 Å². The maximum absolute atomic E-state index is 10.5. The van der Waals surface area contributed by atoms with E-state index in [1.165, 1.54) is 0 Å². The number of anilines is 2. The van der Waals surface area contributed by atoms with Crippen molar-refractivity contribution in [3.05, 3.63) is 120 Å². The molecule has 2 N–H and O–H groups in total. The summed E-state index contributed by atoms with van der Waals surface area (Å²) < 4.78 is 1.79. The molecule has 0 bridgehead atoms. The zero-order valence-electron chi connectivity index (χ0n) is 21.4. The Morgan fingerprint density at radius 3 is 2.51 bits per heavy atom. The Morgan fingerprint density at radius 2 is 1.69 bits per heavy atom. The molecule has 8 heteroatoms. The summed E-state index contributed by atoms with van der Waals surface area (Å²) in [6.07, 6.45) is 1.75. The van der Waals surface area contributed by atoms with E-state index in [0.717, 1.165) is 39.4 Å². The standard InChI is InChI=1S/C31H25N7O/c1-19-9-7-11-22(17-19)33-29-31-35-30-27(20(2)36-38(30)26-15-5-6-16-32-26)28(21-10-8-12-23(39)18-21)37(31)25-14-4-3-13-24(25)34-29/h3-18,28,39H,1-2H3,(H,33,34)/t28-/m1/s1. The molecule has 2 aliphatic heterocycles. The molecule has 1 atom stereocenters. The van der Waals surface area contributed by atoms with E-state index >= 15 is 0 Å². The van der Waals surface area contributed by atoms with Crippen molar-refractivity contribution < 1.29 is 5.11 Å². The Labute approximate surface area is 225 Å². The largest absolute Gasteiger partial charge is 0.508 e. The molecule has 0 aliphatic carbocycles. The van der Waals surface area contributed by atoms with Gasteiger partial charge in [0.2, 0.25) is 0 Å². The minimum absolute atomic E-state index is 0.199. The van der Waals surface area contributed by atoms with E-state index in [1.54, 1.807) is 23.0 Å². The second kappa shape index (κ2) is 8.95. The van der Waals surface area contributed by atoms with Crippen LogP contribution in [0.5, 0.6) is 5.75 Å². The van der Waals surface area contributed by atoms with Gasteiger partial charge >= 0.3 is 0 Å². The molecule has 0 saturated carbocycles. The first kappa shape index (κ1) is 22.9. The molecule has 0 radical (unpaired) electrons. The number of aryl methyl sites for hydroxylation is 2. The third kappa shape index (κ3) is 3.85. The number of hydrogen-bond acceptors (Lipinski definition) is 7.